The van der Waals surface area contributed by atoms with E-state index in [4.69, 9.17) is 21.7 Å². The van der Waals surface area contributed by atoms with Crippen LogP contribution in [0.4, 0.5) is 5.82 Å². The highest BCUT2D eigenvalue weighted by atomic mass is 32.2. The van der Waals surface area contributed by atoms with Crippen LogP contribution in [0.25, 0.3) is 6.08 Å². The van der Waals surface area contributed by atoms with E-state index in [2.05, 4.69) is 17.9 Å². The van der Waals surface area contributed by atoms with E-state index in [1.54, 1.807) is 23.7 Å². The number of hydrogen-bond acceptors (Lipinski definition) is 8. The second-order valence-corrected chi connectivity index (χ2v) is 12.0. The van der Waals surface area contributed by atoms with E-state index >= 15 is 0 Å². The van der Waals surface area contributed by atoms with Crippen LogP contribution in [-0.2, 0) is 17.8 Å². The molecule has 218 valence electrons. The van der Waals surface area contributed by atoms with E-state index in [1.807, 2.05) is 31.2 Å². The highest BCUT2D eigenvalue weighted by Crippen LogP contribution is 2.37. The molecule has 1 aromatic carbocycles. The number of rotatable bonds is 10. The van der Waals surface area contributed by atoms with Crippen molar-refractivity contribution in [3.8, 4) is 17.6 Å². The Labute approximate surface area is 251 Å². The van der Waals surface area contributed by atoms with Gasteiger partial charge in [-0.2, -0.15) is 5.26 Å². The van der Waals surface area contributed by atoms with Gasteiger partial charge in [-0.15, -0.1) is 0 Å². The molecule has 2 aromatic rings. The predicted molar refractivity (Wildman–Crippen MR) is 169 cm³/mol. The quantitative estimate of drug-likeness (QED) is 0.257. The van der Waals surface area contributed by atoms with E-state index < -0.39 is 0 Å². The number of carbonyl (C=O) groups excluding carboxylic acids is 1. The zero-order chi connectivity index (χ0) is 29.5. The van der Waals surface area contributed by atoms with E-state index in [1.165, 1.54) is 11.8 Å². The number of ether oxygens (including phenoxy) is 2. The van der Waals surface area contributed by atoms with Crippen LogP contribution >= 0.6 is 24.0 Å². The van der Waals surface area contributed by atoms with E-state index in [0.29, 0.717) is 45.8 Å². The third-order valence-corrected chi connectivity index (χ3v) is 9.09. The Hall–Kier alpha value is -3.29. The number of nitrogens with zero attached hydrogens (tertiary/aromatic N) is 4. The van der Waals surface area contributed by atoms with Crippen LogP contribution < -0.4 is 19.9 Å². The molecule has 2 aliphatic heterocycles. The van der Waals surface area contributed by atoms with Crippen LogP contribution in [0, 0.1) is 18.3 Å². The number of unbranched alkanes of at least 4 members (excludes halogenated alkanes) is 1. The van der Waals surface area contributed by atoms with Crippen molar-refractivity contribution in [1.82, 2.24) is 9.47 Å². The highest BCUT2D eigenvalue weighted by Gasteiger charge is 2.33. The molecule has 0 bridgehead atoms. The highest BCUT2D eigenvalue weighted by molar-refractivity contribution is 8.26. The zero-order valence-electron chi connectivity index (χ0n) is 24.3. The minimum absolute atomic E-state index is 0.134. The summed E-state index contributed by atoms with van der Waals surface area (Å²) in [5.74, 6) is 1.94. The number of pyridine rings is 1. The first-order valence-electron chi connectivity index (χ1n) is 14.2. The predicted octanol–water partition coefficient (Wildman–Crippen LogP) is 5.67. The van der Waals surface area contributed by atoms with Gasteiger partial charge in [0.15, 0.2) is 11.5 Å². The molecule has 2 fully saturated rings. The summed E-state index contributed by atoms with van der Waals surface area (Å²) in [6, 6.07) is 7.86. The molecule has 0 unspecified atom stereocenters. The van der Waals surface area contributed by atoms with Gasteiger partial charge in [0.1, 0.15) is 21.8 Å². The number of carbonyl (C=O) groups is 1. The molecule has 0 aliphatic carbocycles. The summed E-state index contributed by atoms with van der Waals surface area (Å²) >= 11 is 6.91. The Balaban J connectivity index is 1.71. The second-order valence-electron chi connectivity index (χ2n) is 10.3. The number of methoxy groups -OCH3 is 2. The van der Waals surface area contributed by atoms with Gasteiger partial charge in [-0.1, -0.05) is 56.2 Å². The number of hydrogen-bond donors (Lipinski definition) is 0. The van der Waals surface area contributed by atoms with Gasteiger partial charge in [-0.3, -0.25) is 19.1 Å². The van der Waals surface area contributed by atoms with E-state index in [9.17, 15) is 14.9 Å². The zero-order valence-corrected chi connectivity index (χ0v) is 26.0. The minimum Gasteiger partial charge on any atom is -0.493 e. The summed E-state index contributed by atoms with van der Waals surface area (Å²) in [6.45, 7) is 6.53. The number of benzene rings is 1. The monoisotopic (exact) mass is 594 g/mol. The number of amides is 1. The second kappa shape index (κ2) is 14.1. The molecule has 10 heteroatoms. The lowest BCUT2D eigenvalue weighted by Crippen LogP contribution is -2.35. The molecule has 41 heavy (non-hydrogen) atoms. The molecule has 4 rings (SSSR count). The summed E-state index contributed by atoms with van der Waals surface area (Å²) < 4.78 is 13.0. The average Bonchev–Trinajstić information content (AvgIpc) is 3.13. The lowest BCUT2D eigenvalue weighted by atomic mass is 10.0. The van der Waals surface area contributed by atoms with Crippen LogP contribution in [0.5, 0.6) is 11.5 Å². The molecule has 0 saturated carbocycles. The molecule has 0 atom stereocenters. The SMILES string of the molecule is CCCCn1c(N2CCCCCC2)c(/C=C2/SC(=S)N(CCc3ccc(OC)c(OC)c3)C2=O)c(C)c(C#N)c1=O. The van der Waals surface area contributed by atoms with Crippen molar-refractivity contribution in [3.05, 3.63) is 55.7 Å². The Morgan fingerprint density at radius 1 is 1.07 bits per heavy atom. The minimum atomic E-state index is -0.252. The number of anilines is 1. The van der Waals surface area contributed by atoms with Crippen LogP contribution in [-0.4, -0.2) is 53.5 Å². The lowest BCUT2D eigenvalue weighted by Gasteiger charge is -2.29. The number of thioether (sulfide) groups is 1. The fraction of sp³-hybridized carbons (Fsp3) is 0.484. The van der Waals surface area contributed by atoms with Crippen molar-refractivity contribution in [3.63, 3.8) is 0 Å². The Kier molecular flexibility index (Phi) is 10.5. The third-order valence-electron chi connectivity index (χ3n) is 7.71. The molecule has 1 amide bonds. The molecule has 0 spiro atoms. The van der Waals surface area contributed by atoms with Crippen LogP contribution in [0.3, 0.4) is 0 Å². The first-order valence-corrected chi connectivity index (χ1v) is 15.5. The van der Waals surface area contributed by atoms with Crippen molar-refractivity contribution in [2.24, 2.45) is 0 Å². The van der Waals surface area contributed by atoms with Gasteiger partial charge in [-0.05, 0) is 61.9 Å². The van der Waals surface area contributed by atoms with Gasteiger partial charge in [-0.25, -0.2) is 0 Å². The fourth-order valence-corrected chi connectivity index (χ4v) is 6.68. The lowest BCUT2D eigenvalue weighted by molar-refractivity contribution is -0.122. The van der Waals surface area contributed by atoms with Crippen molar-refractivity contribution in [1.29, 1.82) is 5.26 Å². The standard InChI is InChI=1S/C31H38N4O4S2/c1-5-6-16-34-28(33-14-9-7-8-10-15-33)23(21(2)24(20-32)29(34)36)19-27-30(37)35(31(40)41-27)17-13-22-11-12-25(38-3)26(18-22)39-4/h11-12,18-19H,5-10,13-17H2,1-4H3/b27-19+. The van der Waals surface area contributed by atoms with E-state index in [-0.39, 0.29) is 17.0 Å². The van der Waals surface area contributed by atoms with Gasteiger partial charge in [0, 0.05) is 31.7 Å². The van der Waals surface area contributed by atoms with Gasteiger partial charge in [0.2, 0.25) is 0 Å². The summed E-state index contributed by atoms with van der Waals surface area (Å²) in [5, 5.41) is 9.95. The normalized spacial score (nSPS) is 16.7. The van der Waals surface area contributed by atoms with Crippen molar-refractivity contribution in [2.45, 2.75) is 65.3 Å². The average molecular weight is 595 g/mol. The summed E-state index contributed by atoms with van der Waals surface area (Å²) in [7, 11) is 3.19. The molecule has 2 saturated heterocycles. The molecular weight excluding hydrogens is 556 g/mol. The van der Waals surface area contributed by atoms with Crippen LogP contribution in [0.1, 0.15) is 67.7 Å². The molecule has 3 heterocycles. The third kappa shape index (κ3) is 6.62. The number of nitriles is 1. The topological polar surface area (TPSA) is 87.8 Å². The van der Waals surface area contributed by atoms with Gasteiger partial charge in [0.25, 0.3) is 11.5 Å². The van der Waals surface area contributed by atoms with Crippen molar-refractivity contribution in [2.75, 3.05) is 38.8 Å². The maximum absolute atomic E-state index is 13.7. The van der Waals surface area contributed by atoms with Gasteiger partial charge >= 0.3 is 0 Å². The van der Waals surface area contributed by atoms with Crippen LogP contribution in [0.15, 0.2) is 27.9 Å². The molecule has 8 nitrogen and oxygen atoms in total. The van der Waals surface area contributed by atoms with Gasteiger partial charge in [0.05, 0.1) is 19.1 Å². The number of aromatic nitrogens is 1. The molecule has 0 N–H and O–H groups in total. The smallest absolute Gasteiger partial charge is 0.270 e. The number of thiocarbonyl (C=S) groups is 1. The van der Waals surface area contributed by atoms with Crippen LogP contribution in [0.2, 0.25) is 0 Å². The summed E-state index contributed by atoms with van der Waals surface area (Å²) in [4.78, 5) is 31.6. The fourth-order valence-electron chi connectivity index (χ4n) is 5.39. The summed E-state index contributed by atoms with van der Waals surface area (Å²) in [5.41, 5.74) is 2.26. The van der Waals surface area contributed by atoms with Gasteiger partial charge < -0.3 is 14.4 Å². The summed E-state index contributed by atoms with van der Waals surface area (Å²) in [6.07, 6.45) is 8.59. The first-order chi connectivity index (χ1) is 19.8. The molecule has 2 aliphatic rings. The Bertz CT molecular complexity index is 1440. The molecule has 0 radical (unpaired) electrons. The Morgan fingerprint density at radius 3 is 2.41 bits per heavy atom. The Morgan fingerprint density at radius 2 is 1.78 bits per heavy atom. The first kappa shape index (κ1) is 30.7. The van der Waals surface area contributed by atoms with Crippen molar-refractivity contribution < 1.29 is 14.3 Å². The molecule has 1 aromatic heterocycles. The maximum Gasteiger partial charge on any atom is 0.270 e. The largest absolute Gasteiger partial charge is 0.493 e. The van der Waals surface area contributed by atoms with E-state index in [0.717, 1.165) is 68.6 Å². The molecular formula is C31H38N4O4S2. The maximum atomic E-state index is 13.7. The van der Waals surface area contributed by atoms with Crippen molar-refractivity contribution >= 4 is 46.1 Å².